The molecule has 0 aliphatic heterocycles. The number of hydrogen-bond acceptors (Lipinski definition) is 3. The molecule has 27 heavy (non-hydrogen) atoms. The first-order chi connectivity index (χ1) is 12.8. The van der Waals surface area contributed by atoms with Crippen LogP contribution < -0.4 is 16.0 Å². The molecule has 1 atom stereocenters. The van der Waals surface area contributed by atoms with E-state index in [-0.39, 0.29) is 29.8 Å². The lowest BCUT2D eigenvalue weighted by atomic mass is 9.82. The van der Waals surface area contributed by atoms with Crippen LogP contribution in [-0.2, 0) is 4.79 Å². The number of amides is 2. The quantitative estimate of drug-likeness (QED) is 0.698. The minimum absolute atomic E-state index is 0.0419. The van der Waals surface area contributed by atoms with Gasteiger partial charge in [-0.3, -0.25) is 9.59 Å². The van der Waals surface area contributed by atoms with Crippen LogP contribution in [0.3, 0.4) is 0 Å². The van der Waals surface area contributed by atoms with E-state index in [0.717, 1.165) is 5.56 Å². The molecule has 0 radical (unpaired) electrons. The van der Waals surface area contributed by atoms with Crippen LogP contribution >= 0.6 is 0 Å². The summed E-state index contributed by atoms with van der Waals surface area (Å²) >= 11 is 0. The van der Waals surface area contributed by atoms with Crippen molar-refractivity contribution in [1.82, 2.24) is 10.6 Å². The maximum Gasteiger partial charge on any atom is 0.251 e. The molecule has 0 aromatic heterocycles. The van der Waals surface area contributed by atoms with Crippen LogP contribution in [0.4, 0.5) is 5.69 Å². The van der Waals surface area contributed by atoms with E-state index in [1.54, 1.807) is 24.3 Å². The molecule has 0 aliphatic carbocycles. The van der Waals surface area contributed by atoms with Gasteiger partial charge in [-0.25, -0.2) is 0 Å². The summed E-state index contributed by atoms with van der Waals surface area (Å²) in [6, 6.07) is 17.1. The standard InChI is InChI=1S/C22H29N3O2/c1-5-23-21(27)17-12-9-13-18(14-17)25-19(26)15-24-20(22(2,3)4)16-10-7-6-8-11-16/h6-14,20,24H,5,15H2,1-4H3,(H,23,27)(H,25,26). The van der Waals surface area contributed by atoms with Crippen LogP contribution in [0.5, 0.6) is 0 Å². The topological polar surface area (TPSA) is 70.2 Å². The Labute approximate surface area is 161 Å². The predicted molar refractivity (Wildman–Crippen MR) is 110 cm³/mol. The number of nitrogens with one attached hydrogen (secondary N) is 3. The van der Waals surface area contributed by atoms with E-state index in [2.05, 4.69) is 48.9 Å². The largest absolute Gasteiger partial charge is 0.352 e. The maximum atomic E-state index is 12.4. The van der Waals surface area contributed by atoms with Gasteiger partial charge in [0.05, 0.1) is 6.54 Å². The van der Waals surface area contributed by atoms with E-state index in [1.807, 2.05) is 25.1 Å². The summed E-state index contributed by atoms with van der Waals surface area (Å²) in [5.74, 6) is -0.295. The van der Waals surface area contributed by atoms with Crippen molar-refractivity contribution < 1.29 is 9.59 Å². The van der Waals surface area contributed by atoms with Crippen molar-refractivity contribution in [2.45, 2.75) is 33.7 Å². The van der Waals surface area contributed by atoms with Crippen molar-refractivity contribution in [3.05, 3.63) is 65.7 Å². The molecule has 0 bridgehead atoms. The van der Waals surface area contributed by atoms with Crippen molar-refractivity contribution in [2.24, 2.45) is 5.41 Å². The van der Waals surface area contributed by atoms with Crippen LogP contribution in [0.2, 0.25) is 0 Å². The predicted octanol–water partition coefficient (Wildman–Crippen LogP) is 3.75. The zero-order valence-corrected chi connectivity index (χ0v) is 16.5. The van der Waals surface area contributed by atoms with Gasteiger partial charge in [0.1, 0.15) is 0 Å². The summed E-state index contributed by atoms with van der Waals surface area (Å²) in [6.45, 7) is 9.05. The fraction of sp³-hybridized carbons (Fsp3) is 0.364. The van der Waals surface area contributed by atoms with Gasteiger partial charge in [-0.1, -0.05) is 57.2 Å². The van der Waals surface area contributed by atoms with Crippen LogP contribution in [0.25, 0.3) is 0 Å². The van der Waals surface area contributed by atoms with E-state index in [9.17, 15) is 9.59 Å². The van der Waals surface area contributed by atoms with E-state index in [4.69, 9.17) is 0 Å². The highest BCUT2D eigenvalue weighted by atomic mass is 16.2. The van der Waals surface area contributed by atoms with Crippen LogP contribution in [0, 0.1) is 5.41 Å². The molecule has 0 spiro atoms. The Morgan fingerprint density at radius 2 is 1.70 bits per heavy atom. The van der Waals surface area contributed by atoms with Crippen LogP contribution in [0.1, 0.15) is 49.7 Å². The smallest absolute Gasteiger partial charge is 0.251 e. The molecule has 1 unspecified atom stereocenters. The molecule has 3 N–H and O–H groups in total. The van der Waals surface area contributed by atoms with Crippen LogP contribution in [0.15, 0.2) is 54.6 Å². The molecule has 0 saturated heterocycles. The lowest BCUT2D eigenvalue weighted by Crippen LogP contribution is -2.37. The van der Waals surface area contributed by atoms with Crippen molar-refractivity contribution in [3.8, 4) is 0 Å². The van der Waals surface area contributed by atoms with Crippen molar-refractivity contribution in [1.29, 1.82) is 0 Å². The van der Waals surface area contributed by atoms with Crippen molar-refractivity contribution >= 4 is 17.5 Å². The average molecular weight is 367 g/mol. The van der Waals surface area contributed by atoms with Gasteiger partial charge >= 0.3 is 0 Å². The van der Waals surface area contributed by atoms with Gasteiger partial charge in [0.2, 0.25) is 5.91 Å². The Morgan fingerprint density at radius 1 is 1.00 bits per heavy atom. The summed E-state index contributed by atoms with van der Waals surface area (Å²) in [5, 5.41) is 8.97. The number of anilines is 1. The number of carbonyl (C=O) groups excluding carboxylic acids is 2. The zero-order valence-electron chi connectivity index (χ0n) is 16.5. The Bertz CT molecular complexity index is 767. The summed E-state index contributed by atoms with van der Waals surface area (Å²) in [4.78, 5) is 24.3. The van der Waals surface area contributed by atoms with Gasteiger partial charge < -0.3 is 16.0 Å². The fourth-order valence-corrected chi connectivity index (χ4v) is 2.97. The van der Waals surface area contributed by atoms with Crippen LogP contribution in [-0.4, -0.2) is 24.9 Å². The third-order valence-corrected chi connectivity index (χ3v) is 4.21. The first kappa shape index (κ1) is 20.6. The number of benzene rings is 2. The average Bonchev–Trinajstić information content (AvgIpc) is 2.62. The molecule has 0 aliphatic rings. The molecular formula is C22H29N3O2. The monoisotopic (exact) mass is 367 g/mol. The molecule has 5 nitrogen and oxygen atoms in total. The fourth-order valence-electron chi connectivity index (χ4n) is 2.97. The second kappa shape index (κ2) is 9.33. The summed E-state index contributed by atoms with van der Waals surface area (Å²) in [5.41, 5.74) is 2.24. The minimum atomic E-state index is -0.149. The number of hydrogen-bond donors (Lipinski definition) is 3. The van der Waals surface area contributed by atoms with Gasteiger partial charge in [0.25, 0.3) is 5.91 Å². The molecular weight excluding hydrogens is 338 g/mol. The summed E-state index contributed by atoms with van der Waals surface area (Å²) in [6.07, 6.45) is 0. The second-order valence-electron chi connectivity index (χ2n) is 7.58. The number of rotatable bonds is 7. The van der Waals surface area contributed by atoms with Crippen molar-refractivity contribution in [3.63, 3.8) is 0 Å². The molecule has 2 amide bonds. The van der Waals surface area contributed by atoms with Gasteiger partial charge in [0.15, 0.2) is 0 Å². The third-order valence-electron chi connectivity index (χ3n) is 4.21. The first-order valence-corrected chi connectivity index (χ1v) is 9.27. The van der Waals surface area contributed by atoms with E-state index in [0.29, 0.717) is 17.8 Å². The molecule has 0 fully saturated rings. The zero-order chi connectivity index (χ0) is 19.9. The van der Waals surface area contributed by atoms with E-state index in [1.165, 1.54) is 0 Å². The molecule has 2 rings (SSSR count). The van der Waals surface area contributed by atoms with Gasteiger partial charge in [-0.2, -0.15) is 0 Å². The summed E-state index contributed by atoms with van der Waals surface area (Å²) < 4.78 is 0. The highest BCUT2D eigenvalue weighted by Gasteiger charge is 2.26. The molecule has 0 heterocycles. The Balaban J connectivity index is 2.01. The Hall–Kier alpha value is -2.66. The molecule has 2 aromatic carbocycles. The van der Waals surface area contributed by atoms with Gasteiger partial charge in [-0.15, -0.1) is 0 Å². The highest BCUT2D eigenvalue weighted by molar-refractivity contribution is 5.97. The third kappa shape index (κ3) is 6.22. The highest BCUT2D eigenvalue weighted by Crippen LogP contribution is 2.32. The molecule has 0 saturated carbocycles. The van der Waals surface area contributed by atoms with Crippen molar-refractivity contribution in [2.75, 3.05) is 18.4 Å². The lowest BCUT2D eigenvalue weighted by Gasteiger charge is -2.32. The second-order valence-corrected chi connectivity index (χ2v) is 7.58. The maximum absolute atomic E-state index is 12.4. The molecule has 5 heteroatoms. The molecule has 2 aromatic rings. The minimum Gasteiger partial charge on any atom is -0.352 e. The van der Waals surface area contributed by atoms with Gasteiger partial charge in [0, 0.05) is 23.8 Å². The Kier molecular flexibility index (Phi) is 7.13. The van der Waals surface area contributed by atoms with E-state index >= 15 is 0 Å². The van der Waals surface area contributed by atoms with E-state index < -0.39 is 0 Å². The SMILES string of the molecule is CCNC(=O)c1cccc(NC(=O)CNC(c2ccccc2)C(C)(C)C)c1. The lowest BCUT2D eigenvalue weighted by molar-refractivity contribution is -0.115. The first-order valence-electron chi connectivity index (χ1n) is 9.27. The van der Waals surface area contributed by atoms with Gasteiger partial charge in [-0.05, 0) is 36.1 Å². The number of carbonyl (C=O) groups is 2. The molecule has 144 valence electrons. The normalized spacial score (nSPS) is 12.3. The Morgan fingerprint density at radius 3 is 2.33 bits per heavy atom. The summed E-state index contributed by atoms with van der Waals surface area (Å²) in [7, 11) is 0.